The lowest BCUT2D eigenvalue weighted by molar-refractivity contribution is 0.331. The topological polar surface area (TPSA) is 97.9 Å². The van der Waals surface area contributed by atoms with E-state index in [-0.39, 0.29) is 0 Å². The first kappa shape index (κ1) is 23.0. The molecule has 184 valence electrons. The molecule has 37 heavy (non-hydrogen) atoms. The van der Waals surface area contributed by atoms with Gasteiger partial charge in [-0.3, -0.25) is 4.90 Å². The van der Waals surface area contributed by atoms with E-state index in [0.29, 0.717) is 12.1 Å². The van der Waals surface area contributed by atoms with Crippen LogP contribution < -0.4 is 5.32 Å². The van der Waals surface area contributed by atoms with Gasteiger partial charge in [0.05, 0.1) is 29.6 Å². The first-order valence-corrected chi connectivity index (χ1v) is 12.6. The van der Waals surface area contributed by atoms with Gasteiger partial charge in [0.15, 0.2) is 5.65 Å². The number of benzene rings is 2. The summed E-state index contributed by atoms with van der Waals surface area (Å²) < 4.78 is 1.76. The van der Waals surface area contributed by atoms with Gasteiger partial charge >= 0.3 is 0 Å². The van der Waals surface area contributed by atoms with Crippen LogP contribution in [-0.2, 0) is 13.1 Å². The van der Waals surface area contributed by atoms with E-state index in [0.717, 1.165) is 64.9 Å². The fraction of sp³-hybridized carbons (Fsp3) is 0.241. The van der Waals surface area contributed by atoms with Crippen LogP contribution in [0.4, 0.5) is 5.69 Å². The average molecular weight is 489 g/mol. The van der Waals surface area contributed by atoms with Crippen molar-refractivity contribution in [3.8, 4) is 28.6 Å². The monoisotopic (exact) mass is 488 g/mol. The van der Waals surface area contributed by atoms with Crippen LogP contribution in [0.3, 0.4) is 0 Å². The molecule has 0 saturated carbocycles. The number of pyridine rings is 1. The largest absolute Gasteiger partial charge is 0.378 e. The summed E-state index contributed by atoms with van der Waals surface area (Å²) in [6.07, 6.45) is 6.00. The number of anilines is 1. The zero-order chi connectivity index (χ0) is 25.2. The molecule has 5 aromatic rings. The minimum atomic E-state index is 0.502. The quantitative estimate of drug-likeness (QED) is 0.328. The van der Waals surface area contributed by atoms with Gasteiger partial charge in [-0.1, -0.05) is 23.8 Å². The summed E-state index contributed by atoms with van der Waals surface area (Å²) in [5, 5.41) is 17.4. The zero-order valence-corrected chi connectivity index (χ0v) is 20.8. The summed E-state index contributed by atoms with van der Waals surface area (Å²) >= 11 is 0. The zero-order valence-electron chi connectivity index (χ0n) is 20.8. The molecule has 2 aromatic carbocycles. The molecule has 6 rings (SSSR count). The van der Waals surface area contributed by atoms with Crippen LogP contribution in [0.5, 0.6) is 0 Å². The number of aryl methyl sites for hydroxylation is 1. The molecule has 8 heteroatoms. The van der Waals surface area contributed by atoms with Crippen LogP contribution in [0, 0.1) is 18.3 Å². The van der Waals surface area contributed by atoms with Crippen molar-refractivity contribution in [2.45, 2.75) is 32.9 Å². The first-order chi connectivity index (χ1) is 18.1. The van der Waals surface area contributed by atoms with Crippen molar-refractivity contribution in [1.82, 2.24) is 29.5 Å². The van der Waals surface area contributed by atoms with Gasteiger partial charge in [-0.05, 0) is 74.8 Å². The molecule has 0 spiro atoms. The number of hydrogen-bond acceptors (Lipinski definition) is 6. The Kier molecular flexibility index (Phi) is 6.13. The van der Waals surface area contributed by atoms with Crippen LogP contribution in [0.2, 0.25) is 0 Å². The van der Waals surface area contributed by atoms with Crippen LogP contribution in [0.1, 0.15) is 35.4 Å². The van der Waals surface area contributed by atoms with E-state index in [9.17, 15) is 5.26 Å². The Hall–Kier alpha value is -4.48. The Morgan fingerprint density at radius 1 is 1.05 bits per heavy atom. The van der Waals surface area contributed by atoms with E-state index in [4.69, 9.17) is 4.98 Å². The second-order valence-electron chi connectivity index (χ2n) is 9.62. The summed E-state index contributed by atoms with van der Waals surface area (Å²) in [5.41, 5.74) is 8.58. The van der Waals surface area contributed by atoms with Gasteiger partial charge in [-0.25, -0.2) is 14.5 Å². The highest BCUT2D eigenvalue weighted by atomic mass is 15.3. The fourth-order valence-electron chi connectivity index (χ4n) is 5.02. The van der Waals surface area contributed by atoms with Crippen molar-refractivity contribution in [2.75, 3.05) is 18.4 Å². The van der Waals surface area contributed by atoms with Gasteiger partial charge in [-0.15, -0.1) is 0 Å². The Labute approximate surface area is 215 Å². The molecule has 1 saturated heterocycles. The number of H-pyrrole nitrogens is 1. The molecule has 4 heterocycles. The van der Waals surface area contributed by atoms with E-state index < -0.39 is 0 Å². The van der Waals surface area contributed by atoms with Crippen LogP contribution >= 0.6 is 0 Å². The fourth-order valence-corrected chi connectivity index (χ4v) is 5.02. The Morgan fingerprint density at radius 3 is 2.78 bits per heavy atom. The number of nitrogens with zero attached hydrogens (tertiary/aromatic N) is 6. The number of nitrogens with one attached hydrogen (secondary N) is 2. The summed E-state index contributed by atoms with van der Waals surface area (Å²) in [5.74, 6) is 0.814. The lowest BCUT2D eigenvalue weighted by atomic mass is 10.0. The maximum Gasteiger partial charge on any atom is 0.155 e. The van der Waals surface area contributed by atoms with Gasteiger partial charge in [0.2, 0.25) is 0 Å². The summed E-state index contributed by atoms with van der Waals surface area (Å²) in [4.78, 5) is 15.2. The Bertz CT molecular complexity index is 1600. The number of fused-ring (bicyclic) bond motifs is 1. The average Bonchev–Trinajstić information content (AvgIpc) is 3.68. The lowest BCUT2D eigenvalue weighted by Crippen LogP contribution is -2.18. The van der Waals surface area contributed by atoms with E-state index >= 15 is 0 Å². The smallest absolute Gasteiger partial charge is 0.155 e. The number of aromatic nitrogens is 5. The molecule has 0 aliphatic carbocycles. The van der Waals surface area contributed by atoms with E-state index in [2.05, 4.69) is 68.6 Å². The summed E-state index contributed by atoms with van der Waals surface area (Å²) in [6.45, 7) is 5.71. The van der Waals surface area contributed by atoms with E-state index in [1.54, 1.807) is 10.8 Å². The van der Waals surface area contributed by atoms with Gasteiger partial charge < -0.3 is 10.3 Å². The van der Waals surface area contributed by atoms with Crippen LogP contribution in [0.15, 0.2) is 67.1 Å². The molecule has 0 atom stereocenters. The molecule has 8 nitrogen and oxygen atoms in total. The van der Waals surface area contributed by atoms with E-state index in [1.165, 1.54) is 18.4 Å². The third kappa shape index (κ3) is 4.95. The van der Waals surface area contributed by atoms with E-state index in [1.807, 2.05) is 30.5 Å². The van der Waals surface area contributed by atoms with Gasteiger partial charge in [-0.2, -0.15) is 10.4 Å². The van der Waals surface area contributed by atoms with Gasteiger partial charge in [0.25, 0.3) is 0 Å². The SMILES string of the molecule is Cc1cccc(-c2[nH]c(CNc3cc(C#N)cc(CN4CCCC4)c3)nc2-c2ccc3ncnn3c2)c1. The van der Waals surface area contributed by atoms with Crippen molar-refractivity contribution >= 4 is 11.3 Å². The van der Waals surface area contributed by atoms with Gasteiger partial charge in [0, 0.05) is 29.6 Å². The lowest BCUT2D eigenvalue weighted by Gasteiger charge is -2.16. The molecule has 1 aliphatic rings. The molecule has 0 amide bonds. The summed E-state index contributed by atoms with van der Waals surface area (Å²) in [6, 6.07) is 20.7. The maximum absolute atomic E-state index is 9.59. The maximum atomic E-state index is 9.59. The molecule has 0 bridgehead atoms. The number of hydrogen-bond donors (Lipinski definition) is 2. The minimum Gasteiger partial charge on any atom is -0.378 e. The molecular weight excluding hydrogens is 460 g/mol. The number of likely N-dealkylation sites (tertiary alicyclic amines) is 1. The third-order valence-electron chi connectivity index (χ3n) is 6.79. The van der Waals surface area contributed by atoms with Crippen LogP contribution in [0.25, 0.3) is 28.2 Å². The highest BCUT2D eigenvalue weighted by Gasteiger charge is 2.16. The molecule has 3 aromatic heterocycles. The predicted octanol–water partition coefficient (Wildman–Crippen LogP) is 5.17. The predicted molar refractivity (Wildman–Crippen MR) is 144 cm³/mol. The first-order valence-electron chi connectivity index (χ1n) is 12.6. The Morgan fingerprint density at radius 2 is 1.95 bits per heavy atom. The minimum absolute atomic E-state index is 0.502. The normalized spacial score (nSPS) is 13.7. The second kappa shape index (κ2) is 9.88. The van der Waals surface area contributed by atoms with Gasteiger partial charge in [0.1, 0.15) is 12.2 Å². The second-order valence-corrected chi connectivity index (χ2v) is 9.62. The highest BCUT2D eigenvalue weighted by molar-refractivity contribution is 5.79. The van der Waals surface area contributed by atoms with Crippen molar-refractivity contribution in [2.24, 2.45) is 0 Å². The molecular formula is C29H28N8. The number of aromatic amines is 1. The highest BCUT2D eigenvalue weighted by Crippen LogP contribution is 2.31. The molecule has 0 unspecified atom stereocenters. The van der Waals surface area contributed by atoms with Crippen molar-refractivity contribution in [1.29, 1.82) is 5.26 Å². The number of imidazole rings is 1. The Balaban J connectivity index is 1.31. The van der Waals surface area contributed by atoms with Crippen LogP contribution in [-0.4, -0.2) is 42.6 Å². The third-order valence-corrected chi connectivity index (χ3v) is 6.79. The van der Waals surface area contributed by atoms with Crippen molar-refractivity contribution in [3.05, 3.63) is 89.6 Å². The van der Waals surface area contributed by atoms with Crippen molar-refractivity contribution in [3.63, 3.8) is 0 Å². The number of rotatable bonds is 7. The molecule has 1 fully saturated rings. The molecule has 1 aliphatic heterocycles. The molecule has 0 radical (unpaired) electrons. The standard InChI is InChI=1S/C29H28N8/c1-20-5-4-6-23(11-20)28-29(24-7-8-27-32-19-33-37(27)18-24)35-26(34-28)16-31-25-13-21(15-30)12-22(14-25)17-36-9-2-3-10-36/h4-8,11-14,18-19,31H,2-3,9-10,16-17H2,1H3,(H,34,35). The molecule has 2 N–H and O–H groups in total. The summed E-state index contributed by atoms with van der Waals surface area (Å²) in [7, 11) is 0. The van der Waals surface area contributed by atoms with Crippen molar-refractivity contribution < 1.29 is 0 Å². The number of nitriles is 1.